The number of rotatable bonds is 2. The van der Waals surface area contributed by atoms with Gasteiger partial charge < -0.3 is 5.73 Å². The van der Waals surface area contributed by atoms with Gasteiger partial charge in [0, 0.05) is 5.69 Å². The Bertz CT molecular complexity index is 348. The molecule has 0 amide bonds. The first kappa shape index (κ1) is 10.8. The molecule has 0 unspecified atom stereocenters. The minimum atomic E-state index is 0.539. The predicted molar refractivity (Wildman–Crippen MR) is 64.3 cm³/mol. The van der Waals surface area contributed by atoms with Crippen LogP contribution in [0.3, 0.4) is 0 Å². The molecule has 14 heavy (non-hydrogen) atoms. The molecule has 0 aromatic heterocycles. The summed E-state index contributed by atoms with van der Waals surface area (Å²) in [6.45, 7) is 8.47. The van der Waals surface area contributed by atoms with Crippen LogP contribution in [-0.4, -0.2) is 0 Å². The van der Waals surface area contributed by atoms with Crippen molar-refractivity contribution in [3.05, 3.63) is 35.4 Å². The van der Waals surface area contributed by atoms with Crippen LogP contribution in [0.2, 0.25) is 0 Å². The number of nitrogens with two attached hydrogens (primary N) is 1. The van der Waals surface area contributed by atoms with Crippen molar-refractivity contribution < 1.29 is 0 Å². The average Bonchev–Trinajstić information content (AvgIpc) is 2.16. The fraction of sp³-hybridized carbons (Fsp3) is 0.385. The highest BCUT2D eigenvalue weighted by Crippen LogP contribution is 2.25. The summed E-state index contributed by atoms with van der Waals surface area (Å²) >= 11 is 0. The zero-order valence-electron chi connectivity index (χ0n) is 9.46. The van der Waals surface area contributed by atoms with Gasteiger partial charge in [0.2, 0.25) is 0 Å². The van der Waals surface area contributed by atoms with E-state index in [9.17, 15) is 0 Å². The molecular weight excluding hydrogens is 170 g/mol. The maximum absolute atomic E-state index is 5.99. The van der Waals surface area contributed by atoms with Gasteiger partial charge in [-0.25, -0.2) is 0 Å². The molecule has 1 aromatic rings. The molecule has 0 atom stereocenters. The molecule has 0 saturated heterocycles. The second-order valence-electron chi connectivity index (χ2n) is 3.97. The lowest BCUT2D eigenvalue weighted by Gasteiger charge is -2.10. The molecule has 0 radical (unpaired) electrons. The Labute approximate surface area is 86.6 Å². The quantitative estimate of drug-likeness (QED) is 0.703. The Morgan fingerprint density at radius 3 is 2.43 bits per heavy atom. The fourth-order valence-electron chi connectivity index (χ4n) is 1.45. The first-order valence-corrected chi connectivity index (χ1v) is 5.09. The van der Waals surface area contributed by atoms with Gasteiger partial charge in [-0.05, 0) is 42.5 Å². The lowest BCUT2D eigenvalue weighted by atomic mass is 9.97. The average molecular weight is 189 g/mol. The van der Waals surface area contributed by atoms with Gasteiger partial charge >= 0.3 is 0 Å². The van der Waals surface area contributed by atoms with Crippen LogP contribution in [0.1, 0.15) is 44.7 Å². The van der Waals surface area contributed by atoms with E-state index in [1.807, 2.05) is 6.92 Å². The van der Waals surface area contributed by atoms with E-state index in [1.54, 1.807) is 0 Å². The van der Waals surface area contributed by atoms with E-state index in [0.717, 1.165) is 11.3 Å². The van der Waals surface area contributed by atoms with Crippen molar-refractivity contribution in [3.8, 4) is 0 Å². The number of allylic oxidation sites excluding steroid dienone is 2. The number of nitrogen functional groups attached to an aromatic ring is 1. The number of hydrogen-bond donors (Lipinski definition) is 1. The van der Waals surface area contributed by atoms with Crippen molar-refractivity contribution in [1.82, 2.24) is 0 Å². The monoisotopic (exact) mass is 189 g/mol. The third-order valence-electron chi connectivity index (χ3n) is 2.60. The van der Waals surface area contributed by atoms with E-state index in [-0.39, 0.29) is 0 Å². The molecule has 1 nitrogen and oxygen atoms in total. The number of anilines is 1. The van der Waals surface area contributed by atoms with Crippen LogP contribution in [0, 0.1) is 0 Å². The summed E-state index contributed by atoms with van der Waals surface area (Å²) in [6.07, 6.45) is 2.08. The molecule has 1 heteroatoms. The molecule has 76 valence electrons. The molecule has 0 aliphatic rings. The Hall–Kier alpha value is -1.24. The van der Waals surface area contributed by atoms with Crippen LogP contribution in [0.25, 0.3) is 5.57 Å². The summed E-state index contributed by atoms with van der Waals surface area (Å²) in [6, 6.07) is 6.34. The first-order chi connectivity index (χ1) is 6.56. The summed E-state index contributed by atoms with van der Waals surface area (Å²) in [5, 5.41) is 0. The van der Waals surface area contributed by atoms with Crippen LogP contribution in [0.5, 0.6) is 0 Å². The van der Waals surface area contributed by atoms with Gasteiger partial charge in [-0.15, -0.1) is 0 Å². The van der Waals surface area contributed by atoms with E-state index in [1.165, 1.54) is 11.1 Å². The Morgan fingerprint density at radius 1 is 1.36 bits per heavy atom. The van der Waals surface area contributed by atoms with Crippen LogP contribution >= 0.6 is 0 Å². The molecule has 2 N–H and O–H groups in total. The highest BCUT2D eigenvalue weighted by atomic mass is 14.6. The van der Waals surface area contributed by atoms with Gasteiger partial charge in [-0.2, -0.15) is 0 Å². The lowest BCUT2D eigenvalue weighted by molar-refractivity contribution is 0.867. The molecule has 0 aliphatic heterocycles. The number of benzene rings is 1. The largest absolute Gasteiger partial charge is 0.398 e. The van der Waals surface area contributed by atoms with Gasteiger partial charge in [-0.1, -0.05) is 32.1 Å². The van der Waals surface area contributed by atoms with Crippen LogP contribution in [-0.2, 0) is 0 Å². The topological polar surface area (TPSA) is 26.0 Å². The molecule has 1 rings (SSSR count). The normalized spacial score (nSPS) is 12.2. The van der Waals surface area contributed by atoms with Crippen LogP contribution in [0.15, 0.2) is 24.3 Å². The zero-order valence-corrected chi connectivity index (χ0v) is 9.46. The molecule has 0 heterocycles. The fourth-order valence-corrected chi connectivity index (χ4v) is 1.45. The minimum absolute atomic E-state index is 0.539. The first-order valence-electron chi connectivity index (χ1n) is 5.09. The van der Waals surface area contributed by atoms with Crippen molar-refractivity contribution >= 4 is 11.3 Å². The molecule has 0 fully saturated rings. The maximum Gasteiger partial charge on any atom is 0.0393 e. The summed E-state index contributed by atoms with van der Waals surface area (Å²) in [7, 11) is 0. The standard InChI is InChI=1S/C13H19N/c1-5-10(4)12-7-6-11(9(2)3)8-13(12)14/h5-9H,14H2,1-4H3/b10-5-. The summed E-state index contributed by atoms with van der Waals surface area (Å²) in [5.41, 5.74) is 10.6. The Morgan fingerprint density at radius 2 is 2.00 bits per heavy atom. The Kier molecular flexibility index (Phi) is 3.34. The highest BCUT2D eigenvalue weighted by Gasteiger charge is 2.04. The third-order valence-corrected chi connectivity index (χ3v) is 2.60. The van der Waals surface area contributed by atoms with Gasteiger partial charge in [-0.3, -0.25) is 0 Å². The van der Waals surface area contributed by atoms with E-state index >= 15 is 0 Å². The third kappa shape index (κ3) is 2.16. The van der Waals surface area contributed by atoms with Crippen molar-refractivity contribution in [2.45, 2.75) is 33.6 Å². The van der Waals surface area contributed by atoms with Crippen molar-refractivity contribution in [3.63, 3.8) is 0 Å². The van der Waals surface area contributed by atoms with Gasteiger partial charge in [0.15, 0.2) is 0 Å². The zero-order chi connectivity index (χ0) is 10.7. The van der Waals surface area contributed by atoms with E-state index in [0.29, 0.717) is 5.92 Å². The molecular formula is C13H19N. The van der Waals surface area contributed by atoms with Crippen molar-refractivity contribution in [1.29, 1.82) is 0 Å². The predicted octanol–water partition coefficient (Wildman–Crippen LogP) is 3.82. The van der Waals surface area contributed by atoms with Gasteiger partial charge in [0.05, 0.1) is 0 Å². The summed E-state index contributed by atoms with van der Waals surface area (Å²) < 4.78 is 0. The SMILES string of the molecule is C/C=C(/C)c1ccc(C(C)C)cc1N. The molecule has 0 spiro atoms. The molecule has 1 aromatic carbocycles. The summed E-state index contributed by atoms with van der Waals surface area (Å²) in [5.74, 6) is 0.539. The van der Waals surface area contributed by atoms with Gasteiger partial charge in [0.1, 0.15) is 0 Å². The van der Waals surface area contributed by atoms with Crippen molar-refractivity contribution in [2.24, 2.45) is 0 Å². The molecule has 0 saturated carbocycles. The van der Waals surface area contributed by atoms with E-state index in [2.05, 4.69) is 45.0 Å². The maximum atomic E-state index is 5.99. The smallest absolute Gasteiger partial charge is 0.0393 e. The van der Waals surface area contributed by atoms with Crippen LogP contribution < -0.4 is 5.73 Å². The summed E-state index contributed by atoms with van der Waals surface area (Å²) in [4.78, 5) is 0. The van der Waals surface area contributed by atoms with Crippen LogP contribution in [0.4, 0.5) is 5.69 Å². The van der Waals surface area contributed by atoms with Crippen molar-refractivity contribution in [2.75, 3.05) is 5.73 Å². The minimum Gasteiger partial charge on any atom is -0.398 e. The van der Waals surface area contributed by atoms with Gasteiger partial charge in [0.25, 0.3) is 0 Å². The molecule has 0 aliphatic carbocycles. The second kappa shape index (κ2) is 4.32. The lowest BCUT2D eigenvalue weighted by Crippen LogP contribution is -1.95. The molecule has 0 bridgehead atoms. The highest BCUT2D eigenvalue weighted by molar-refractivity contribution is 5.74. The van der Waals surface area contributed by atoms with E-state index in [4.69, 9.17) is 5.73 Å². The second-order valence-corrected chi connectivity index (χ2v) is 3.97. The van der Waals surface area contributed by atoms with E-state index < -0.39 is 0 Å². The Balaban J connectivity index is 3.14. The number of hydrogen-bond acceptors (Lipinski definition) is 1.